The molecule has 0 bridgehead atoms. The molecular formula is C10H12ClNO3. The monoisotopic (exact) mass is 229 g/mol. The Labute approximate surface area is 92.6 Å². The Morgan fingerprint density at radius 1 is 1.47 bits per heavy atom. The second kappa shape index (κ2) is 5.09. The molecule has 0 heterocycles. The topological polar surface area (TPSA) is 63.4 Å². The fraction of sp³-hybridized carbons (Fsp3) is 0.400. The van der Waals surface area contributed by atoms with Crippen molar-refractivity contribution in [1.29, 1.82) is 0 Å². The summed E-state index contributed by atoms with van der Waals surface area (Å²) in [5.41, 5.74) is 0.517. The van der Waals surface area contributed by atoms with Gasteiger partial charge < -0.3 is 5.11 Å². The van der Waals surface area contributed by atoms with Crippen LogP contribution in [0.3, 0.4) is 0 Å². The summed E-state index contributed by atoms with van der Waals surface area (Å²) >= 11 is 5.68. The third kappa shape index (κ3) is 2.91. The highest BCUT2D eigenvalue weighted by molar-refractivity contribution is 6.30. The summed E-state index contributed by atoms with van der Waals surface area (Å²) in [6.07, 6.45) is -0.793. The molecule has 4 nitrogen and oxygen atoms in total. The predicted molar refractivity (Wildman–Crippen MR) is 57.5 cm³/mol. The van der Waals surface area contributed by atoms with Gasteiger partial charge in [-0.15, -0.1) is 0 Å². The lowest BCUT2D eigenvalue weighted by molar-refractivity contribution is -0.536. The number of aliphatic hydroxyl groups is 1. The highest BCUT2D eigenvalue weighted by atomic mass is 35.5. The van der Waals surface area contributed by atoms with E-state index in [-0.39, 0.29) is 6.42 Å². The molecule has 0 fully saturated rings. The number of nitro groups is 1. The quantitative estimate of drug-likeness (QED) is 0.637. The maximum atomic E-state index is 10.6. The van der Waals surface area contributed by atoms with E-state index in [1.165, 1.54) is 0 Å². The Kier molecular flexibility index (Phi) is 4.05. The average Bonchev–Trinajstić information content (AvgIpc) is 2.19. The minimum Gasteiger partial charge on any atom is -0.381 e. The molecule has 0 aliphatic heterocycles. The summed E-state index contributed by atoms with van der Waals surface area (Å²) in [5, 5.41) is 20.9. The highest BCUT2D eigenvalue weighted by Gasteiger charge is 2.28. The van der Waals surface area contributed by atoms with Crippen LogP contribution < -0.4 is 0 Å². The van der Waals surface area contributed by atoms with E-state index in [4.69, 9.17) is 11.6 Å². The molecule has 0 aliphatic carbocycles. The van der Waals surface area contributed by atoms with Crippen molar-refractivity contribution in [3.05, 3.63) is 45.0 Å². The zero-order valence-corrected chi connectivity index (χ0v) is 9.02. The van der Waals surface area contributed by atoms with Gasteiger partial charge in [-0.25, -0.2) is 0 Å². The van der Waals surface area contributed by atoms with Crippen molar-refractivity contribution < 1.29 is 10.0 Å². The van der Waals surface area contributed by atoms with Crippen molar-refractivity contribution in [3.63, 3.8) is 0 Å². The van der Waals surface area contributed by atoms with E-state index in [0.29, 0.717) is 10.6 Å². The Hall–Kier alpha value is -1.13. The molecule has 0 saturated heterocycles. The van der Waals surface area contributed by atoms with Gasteiger partial charge in [0.25, 0.3) is 0 Å². The number of benzene rings is 1. The van der Waals surface area contributed by atoms with Crippen molar-refractivity contribution in [2.24, 2.45) is 0 Å². The molecule has 0 saturated carbocycles. The van der Waals surface area contributed by atoms with Gasteiger partial charge >= 0.3 is 0 Å². The molecule has 0 radical (unpaired) electrons. The zero-order valence-electron chi connectivity index (χ0n) is 8.26. The maximum absolute atomic E-state index is 10.6. The van der Waals surface area contributed by atoms with Crippen molar-refractivity contribution >= 4 is 11.6 Å². The van der Waals surface area contributed by atoms with Crippen LogP contribution in [-0.2, 0) is 0 Å². The second-order valence-electron chi connectivity index (χ2n) is 3.26. The molecule has 1 N–H and O–H groups in total. The summed E-state index contributed by atoms with van der Waals surface area (Å²) in [6.45, 7) is 1.67. The SMILES string of the molecule is CC[C@@H]([C@@H](O)c1ccc(Cl)cc1)[N+](=O)[O-]. The Bertz CT molecular complexity index is 339. The van der Waals surface area contributed by atoms with Crippen LogP contribution in [0.15, 0.2) is 24.3 Å². The number of aliphatic hydroxyl groups excluding tert-OH is 1. The van der Waals surface area contributed by atoms with Crippen molar-refractivity contribution in [2.75, 3.05) is 0 Å². The van der Waals surface area contributed by atoms with E-state index < -0.39 is 17.1 Å². The summed E-state index contributed by atoms with van der Waals surface area (Å²) in [5.74, 6) is 0. The van der Waals surface area contributed by atoms with E-state index >= 15 is 0 Å². The minimum atomic E-state index is -1.08. The smallest absolute Gasteiger partial charge is 0.242 e. The van der Waals surface area contributed by atoms with Gasteiger partial charge in [-0.1, -0.05) is 30.7 Å². The van der Waals surface area contributed by atoms with Crippen LogP contribution in [0.1, 0.15) is 25.0 Å². The van der Waals surface area contributed by atoms with Crippen LogP contribution in [-0.4, -0.2) is 16.1 Å². The summed E-state index contributed by atoms with van der Waals surface area (Å²) in [6, 6.07) is 5.43. The Morgan fingerprint density at radius 2 is 2.00 bits per heavy atom. The van der Waals surface area contributed by atoms with Crippen LogP contribution in [0, 0.1) is 10.1 Å². The molecule has 15 heavy (non-hydrogen) atoms. The first kappa shape index (κ1) is 11.9. The first-order chi connectivity index (χ1) is 7.06. The van der Waals surface area contributed by atoms with E-state index in [9.17, 15) is 15.2 Å². The van der Waals surface area contributed by atoms with Crippen LogP contribution in [0.2, 0.25) is 5.02 Å². The van der Waals surface area contributed by atoms with Gasteiger partial charge in [0.15, 0.2) is 0 Å². The lowest BCUT2D eigenvalue weighted by Gasteiger charge is -2.14. The van der Waals surface area contributed by atoms with Crippen LogP contribution >= 0.6 is 11.6 Å². The first-order valence-corrected chi connectivity index (χ1v) is 5.01. The Morgan fingerprint density at radius 3 is 2.40 bits per heavy atom. The van der Waals surface area contributed by atoms with Crippen molar-refractivity contribution in [1.82, 2.24) is 0 Å². The van der Waals surface area contributed by atoms with E-state index in [1.54, 1.807) is 31.2 Å². The second-order valence-corrected chi connectivity index (χ2v) is 3.69. The highest BCUT2D eigenvalue weighted by Crippen LogP contribution is 2.22. The molecule has 0 unspecified atom stereocenters. The summed E-state index contributed by atoms with van der Waals surface area (Å²) in [7, 11) is 0. The normalized spacial score (nSPS) is 14.6. The first-order valence-electron chi connectivity index (χ1n) is 4.63. The van der Waals surface area contributed by atoms with Gasteiger partial charge in [-0.3, -0.25) is 10.1 Å². The van der Waals surface area contributed by atoms with Gasteiger partial charge in [0.1, 0.15) is 6.10 Å². The lowest BCUT2D eigenvalue weighted by Crippen LogP contribution is -2.26. The van der Waals surface area contributed by atoms with Crippen LogP contribution in [0.4, 0.5) is 0 Å². The molecule has 1 aromatic carbocycles. The van der Waals surface area contributed by atoms with E-state index in [1.807, 2.05) is 0 Å². The molecule has 2 atom stereocenters. The van der Waals surface area contributed by atoms with Gasteiger partial charge in [0, 0.05) is 16.4 Å². The number of hydrogen-bond acceptors (Lipinski definition) is 3. The maximum Gasteiger partial charge on any atom is 0.242 e. The molecule has 5 heteroatoms. The van der Waals surface area contributed by atoms with Gasteiger partial charge in [0.05, 0.1) is 0 Å². The fourth-order valence-corrected chi connectivity index (χ4v) is 1.50. The summed E-state index contributed by atoms with van der Waals surface area (Å²) in [4.78, 5) is 10.2. The van der Waals surface area contributed by atoms with Crippen LogP contribution in [0.25, 0.3) is 0 Å². The Balaban J connectivity index is 2.87. The largest absolute Gasteiger partial charge is 0.381 e. The molecule has 0 amide bonds. The van der Waals surface area contributed by atoms with Gasteiger partial charge in [0.2, 0.25) is 6.04 Å². The number of halogens is 1. The fourth-order valence-electron chi connectivity index (χ4n) is 1.37. The molecular weight excluding hydrogens is 218 g/mol. The lowest BCUT2D eigenvalue weighted by atomic mass is 10.0. The predicted octanol–water partition coefficient (Wildman–Crippen LogP) is 2.43. The number of hydrogen-bond donors (Lipinski definition) is 1. The minimum absolute atomic E-state index is 0.288. The number of nitrogens with zero attached hydrogens (tertiary/aromatic N) is 1. The van der Waals surface area contributed by atoms with Crippen molar-refractivity contribution in [3.8, 4) is 0 Å². The molecule has 82 valence electrons. The molecule has 0 aromatic heterocycles. The number of rotatable bonds is 4. The molecule has 0 spiro atoms. The zero-order chi connectivity index (χ0) is 11.4. The molecule has 1 rings (SSSR count). The van der Waals surface area contributed by atoms with Gasteiger partial charge in [-0.2, -0.15) is 0 Å². The van der Waals surface area contributed by atoms with Crippen molar-refractivity contribution in [2.45, 2.75) is 25.5 Å². The average molecular weight is 230 g/mol. The summed E-state index contributed by atoms with van der Waals surface area (Å²) < 4.78 is 0. The molecule has 0 aliphatic rings. The molecule has 1 aromatic rings. The van der Waals surface area contributed by atoms with E-state index in [0.717, 1.165) is 0 Å². The van der Waals surface area contributed by atoms with Crippen LogP contribution in [0.5, 0.6) is 0 Å². The third-order valence-electron chi connectivity index (χ3n) is 2.27. The standard InChI is InChI=1S/C10H12ClNO3/c1-2-9(12(14)15)10(13)7-3-5-8(11)6-4-7/h3-6,9-10,13H,2H2,1H3/t9-,10-/m0/s1. The van der Waals surface area contributed by atoms with Gasteiger partial charge in [-0.05, 0) is 17.7 Å². The van der Waals surface area contributed by atoms with E-state index in [2.05, 4.69) is 0 Å². The third-order valence-corrected chi connectivity index (χ3v) is 2.52.